The maximum atomic E-state index is 11.9. The third kappa shape index (κ3) is 10.6. The van der Waals surface area contributed by atoms with Crippen molar-refractivity contribution in [3.8, 4) is 0 Å². The van der Waals surface area contributed by atoms with Crippen molar-refractivity contribution < 1.29 is 4.79 Å². The van der Waals surface area contributed by atoms with E-state index < -0.39 is 0 Å². The Hall–Kier alpha value is -0.610. The van der Waals surface area contributed by atoms with Crippen LogP contribution in [0, 0.1) is 11.8 Å². The summed E-state index contributed by atoms with van der Waals surface area (Å²) in [4.78, 5) is 21.2. The fraction of sp³-hybridized carbons (Fsp3) is 0.909. The molecule has 0 radical (unpaired) electrons. The van der Waals surface area contributed by atoms with E-state index in [1.165, 1.54) is 32.5 Å². The van der Waals surface area contributed by atoms with Gasteiger partial charge in [-0.05, 0) is 50.5 Å². The molecule has 1 atom stereocenters. The molecule has 30 heavy (non-hydrogen) atoms. The molecule has 7 nitrogen and oxygen atoms in total. The van der Waals surface area contributed by atoms with Crippen molar-refractivity contribution in [2.75, 3.05) is 59.4 Å². The molecule has 2 rings (SSSR count). The molecule has 0 aromatic carbocycles. The normalized spacial score (nSPS) is 21.9. The fourth-order valence-corrected chi connectivity index (χ4v) is 4.39. The number of amides is 1. The summed E-state index contributed by atoms with van der Waals surface area (Å²) in [5.41, 5.74) is 0. The number of aliphatic imine (C=N–C) groups is 1. The highest BCUT2D eigenvalue weighted by Gasteiger charge is 2.23. The molecule has 0 aliphatic carbocycles. The molecule has 176 valence electrons. The molecule has 2 saturated heterocycles. The minimum atomic E-state index is 0. The number of nitrogens with zero attached hydrogens (tertiary/aromatic N) is 3. The Morgan fingerprint density at radius 1 is 1.10 bits per heavy atom. The molecule has 8 heteroatoms. The Labute approximate surface area is 201 Å². The summed E-state index contributed by atoms with van der Waals surface area (Å²) in [7, 11) is 1.86. The monoisotopic (exact) mass is 536 g/mol. The van der Waals surface area contributed by atoms with E-state index in [1.807, 2.05) is 7.05 Å². The molecule has 1 unspecified atom stereocenters. The first-order valence-electron chi connectivity index (χ1n) is 11.7. The van der Waals surface area contributed by atoms with Crippen LogP contribution in [-0.4, -0.2) is 87.1 Å². The summed E-state index contributed by atoms with van der Waals surface area (Å²) in [5.74, 6) is 2.50. The van der Waals surface area contributed by atoms with Crippen LogP contribution in [0.1, 0.15) is 52.9 Å². The van der Waals surface area contributed by atoms with E-state index in [2.05, 4.69) is 51.5 Å². The largest absolute Gasteiger partial charge is 0.356 e. The summed E-state index contributed by atoms with van der Waals surface area (Å²) in [6, 6.07) is 0.431. The number of piperidine rings is 2. The quantitative estimate of drug-likeness (QED) is 0.239. The average Bonchev–Trinajstić information content (AvgIpc) is 2.70. The van der Waals surface area contributed by atoms with Crippen molar-refractivity contribution in [2.24, 2.45) is 16.8 Å². The van der Waals surface area contributed by atoms with Crippen molar-refractivity contribution in [1.29, 1.82) is 0 Å². The summed E-state index contributed by atoms with van der Waals surface area (Å²) in [6.07, 6.45) is 5.69. The van der Waals surface area contributed by atoms with E-state index in [1.54, 1.807) is 0 Å². The molecule has 2 aliphatic rings. The number of hydrogen-bond donors (Lipinski definition) is 3. The number of nitrogens with one attached hydrogen (secondary N) is 3. The lowest BCUT2D eigenvalue weighted by Crippen LogP contribution is -2.51. The first kappa shape index (κ1) is 27.4. The Balaban J connectivity index is 0.00000450. The van der Waals surface area contributed by atoms with Gasteiger partial charge in [0.05, 0.1) is 6.54 Å². The van der Waals surface area contributed by atoms with Crippen LogP contribution in [0.3, 0.4) is 0 Å². The summed E-state index contributed by atoms with van der Waals surface area (Å²) in [5, 5.41) is 10.1. The van der Waals surface area contributed by atoms with Crippen LogP contribution < -0.4 is 16.0 Å². The lowest BCUT2D eigenvalue weighted by molar-refractivity contribution is -0.122. The molecule has 1 amide bonds. The van der Waals surface area contributed by atoms with Crippen LogP contribution in [0.15, 0.2) is 4.99 Å². The predicted octanol–water partition coefficient (Wildman–Crippen LogP) is 2.13. The van der Waals surface area contributed by atoms with Gasteiger partial charge in [0.15, 0.2) is 5.96 Å². The van der Waals surface area contributed by atoms with Gasteiger partial charge in [-0.3, -0.25) is 14.7 Å². The van der Waals surface area contributed by atoms with Crippen molar-refractivity contribution in [2.45, 2.75) is 58.9 Å². The SMILES string of the molecule is CCCNC(=O)CN1CCC(NC(=NC)NCC2CCCN(CC(C)C)C2)CC1.I. The van der Waals surface area contributed by atoms with Crippen molar-refractivity contribution in [3.63, 3.8) is 0 Å². The van der Waals surface area contributed by atoms with Gasteiger partial charge in [-0.1, -0.05) is 20.8 Å². The molecule has 2 fully saturated rings. The molecular weight excluding hydrogens is 491 g/mol. The molecular formula is C22H45IN6O. The maximum absolute atomic E-state index is 11.9. The van der Waals surface area contributed by atoms with Gasteiger partial charge >= 0.3 is 0 Å². The van der Waals surface area contributed by atoms with Gasteiger partial charge in [0.25, 0.3) is 0 Å². The Morgan fingerprint density at radius 2 is 1.83 bits per heavy atom. The van der Waals surface area contributed by atoms with E-state index >= 15 is 0 Å². The number of hydrogen-bond acceptors (Lipinski definition) is 4. The molecule has 3 N–H and O–H groups in total. The van der Waals surface area contributed by atoms with Gasteiger partial charge in [0.2, 0.25) is 5.91 Å². The van der Waals surface area contributed by atoms with Crippen LogP contribution >= 0.6 is 24.0 Å². The van der Waals surface area contributed by atoms with E-state index in [0.717, 1.165) is 57.3 Å². The third-order valence-corrected chi connectivity index (χ3v) is 5.88. The molecule has 0 aromatic rings. The second kappa shape index (κ2) is 15.2. The molecule has 0 saturated carbocycles. The molecule has 0 aromatic heterocycles. The summed E-state index contributed by atoms with van der Waals surface area (Å²) < 4.78 is 0. The molecule has 2 aliphatic heterocycles. The number of rotatable bonds is 9. The van der Waals surface area contributed by atoms with Crippen LogP contribution in [-0.2, 0) is 4.79 Å². The minimum absolute atomic E-state index is 0. The summed E-state index contributed by atoms with van der Waals surface area (Å²) in [6.45, 7) is 14.5. The highest BCUT2D eigenvalue weighted by Crippen LogP contribution is 2.17. The van der Waals surface area contributed by atoms with Gasteiger partial charge in [-0.15, -0.1) is 24.0 Å². The van der Waals surface area contributed by atoms with Gasteiger partial charge < -0.3 is 20.9 Å². The van der Waals surface area contributed by atoms with Crippen LogP contribution in [0.5, 0.6) is 0 Å². The van der Waals surface area contributed by atoms with Gasteiger partial charge in [-0.2, -0.15) is 0 Å². The Bertz CT molecular complexity index is 508. The number of carbonyl (C=O) groups is 1. The van der Waals surface area contributed by atoms with Crippen LogP contribution in [0.2, 0.25) is 0 Å². The second-order valence-electron chi connectivity index (χ2n) is 9.16. The van der Waals surface area contributed by atoms with Gasteiger partial charge in [-0.25, -0.2) is 0 Å². The van der Waals surface area contributed by atoms with Crippen LogP contribution in [0.4, 0.5) is 0 Å². The van der Waals surface area contributed by atoms with Crippen molar-refractivity contribution in [1.82, 2.24) is 25.8 Å². The van der Waals surface area contributed by atoms with Crippen molar-refractivity contribution >= 4 is 35.8 Å². The van der Waals surface area contributed by atoms with E-state index in [9.17, 15) is 4.79 Å². The Morgan fingerprint density at radius 3 is 2.47 bits per heavy atom. The van der Waals surface area contributed by atoms with Gasteiger partial charge in [0.1, 0.15) is 0 Å². The van der Waals surface area contributed by atoms with Crippen molar-refractivity contribution in [3.05, 3.63) is 0 Å². The second-order valence-corrected chi connectivity index (χ2v) is 9.16. The topological polar surface area (TPSA) is 72.0 Å². The molecule has 2 heterocycles. The number of likely N-dealkylation sites (tertiary alicyclic amines) is 2. The minimum Gasteiger partial charge on any atom is -0.356 e. The van der Waals surface area contributed by atoms with Crippen LogP contribution in [0.25, 0.3) is 0 Å². The number of guanidine groups is 1. The summed E-state index contributed by atoms with van der Waals surface area (Å²) >= 11 is 0. The lowest BCUT2D eigenvalue weighted by atomic mass is 9.97. The van der Waals surface area contributed by atoms with E-state index in [-0.39, 0.29) is 29.9 Å². The van der Waals surface area contributed by atoms with Gasteiger partial charge in [0, 0.05) is 52.4 Å². The first-order chi connectivity index (χ1) is 14.0. The number of halogens is 1. The smallest absolute Gasteiger partial charge is 0.234 e. The molecule has 0 bridgehead atoms. The third-order valence-electron chi connectivity index (χ3n) is 5.88. The van der Waals surface area contributed by atoms with E-state index in [4.69, 9.17) is 0 Å². The predicted molar refractivity (Wildman–Crippen MR) is 137 cm³/mol. The zero-order valence-corrected chi connectivity index (χ0v) is 21.9. The van der Waals surface area contributed by atoms with E-state index in [0.29, 0.717) is 18.5 Å². The number of carbonyl (C=O) groups excluding carboxylic acids is 1. The average molecular weight is 537 g/mol. The lowest BCUT2D eigenvalue weighted by Gasteiger charge is -2.35. The highest BCUT2D eigenvalue weighted by molar-refractivity contribution is 14.0. The maximum Gasteiger partial charge on any atom is 0.234 e. The first-order valence-corrected chi connectivity index (χ1v) is 11.7. The zero-order valence-electron chi connectivity index (χ0n) is 19.6. The Kier molecular flexibility index (Phi) is 13.9. The molecule has 0 spiro atoms. The zero-order chi connectivity index (χ0) is 21.1. The fourth-order valence-electron chi connectivity index (χ4n) is 4.39. The highest BCUT2D eigenvalue weighted by atomic mass is 127. The standard InChI is InChI=1S/C22H44N6O.HI/c1-5-10-24-21(29)17-27-12-8-20(9-13-27)26-22(23-4)25-14-19-7-6-11-28(16-19)15-18(2)3;/h18-20H,5-17H2,1-4H3,(H,24,29)(H2,23,25,26);1H.